The van der Waals surface area contributed by atoms with E-state index in [1.54, 1.807) is 0 Å². The van der Waals surface area contributed by atoms with Crippen molar-refractivity contribution in [2.24, 2.45) is 23.7 Å². The van der Waals surface area contributed by atoms with Crippen LogP contribution in [0.25, 0.3) is 0 Å². The first-order valence-corrected chi connectivity index (χ1v) is 4.97. The molecule has 0 atom stereocenters. The first-order chi connectivity index (χ1) is 5.75. The van der Waals surface area contributed by atoms with Gasteiger partial charge in [0.1, 0.15) is 5.78 Å². The molecule has 0 radical (unpaired) electrons. The van der Waals surface area contributed by atoms with Crippen LogP contribution in [0.4, 0.5) is 0 Å². The molecule has 0 heterocycles. The van der Waals surface area contributed by atoms with Gasteiger partial charge in [0.15, 0.2) is 0 Å². The summed E-state index contributed by atoms with van der Waals surface area (Å²) in [6.45, 7) is 0. The minimum Gasteiger partial charge on any atom is -0.393 e. The van der Waals surface area contributed by atoms with Crippen LogP contribution in [-0.2, 0) is 4.79 Å². The lowest BCUT2D eigenvalue weighted by Gasteiger charge is -2.51. The van der Waals surface area contributed by atoms with E-state index in [1.165, 1.54) is 0 Å². The van der Waals surface area contributed by atoms with E-state index in [4.69, 9.17) is 0 Å². The van der Waals surface area contributed by atoms with Crippen LogP contribution in [0.1, 0.15) is 25.7 Å². The third-order valence-electron chi connectivity index (χ3n) is 4.12. The van der Waals surface area contributed by atoms with Crippen molar-refractivity contribution in [1.29, 1.82) is 0 Å². The molecule has 0 saturated heterocycles. The molecule has 0 aromatic carbocycles. The van der Waals surface area contributed by atoms with Crippen molar-refractivity contribution >= 4 is 5.78 Å². The Morgan fingerprint density at radius 1 is 1.00 bits per heavy atom. The lowest BCUT2D eigenvalue weighted by molar-refractivity contribution is -0.151. The standard InChI is InChI=1S/C10H14O2/c11-9-5-1-6-3-8(9)4-7(2-5)10(6)12/h5-9,11H,1-4H2. The highest BCUT2D eigenvalue weighted by Crippen LogP contribution is 2.51. The Morgan fingerprint density at radius 3 is 1.83 bits per heavy atom. The van der Waals surface area contributed by atoms with Gasteiger partial charge in [-0.2, -0.15) is 0 Å². The molecule has 2 heteroatoms. The third kappa shape index (κ3) is 0.717. The number of Topliss-reactive ketones (excluding diaryl/α,β-unsaturated/α-hetero) is 1. The molecule has 4 aliphatic rings. The van der Waals surface area contributed by atoms with Gasteiger partial charge in [0.2, 0.25) is 0 Å². The quantitative estimate of drug-likeness (QED) is 0.582. The van der Waals surface area contributed by atoms with Crippen molar-refractivity contribution in [1.82, 2.24) is 0 Å². The number of hydrogen-bond acceptors (Lipinski definition) is 2. The molecule has 4 saturated carbocycles. The molecule has 4 bridgehead atoms. The van der Waals surface area contributed by atoms with Crippen LogP contribution in [0.5, 0.6) is 0 Å². The van der Waals surface area contributed by atoms with Crippen LogP contribution in [0.3, 0.4) is 0 Å². The van der Waals surface area contributed by atoms with Crippen molar-refractivity contribution < 1.29 is 9.90 Å². The van der Waals surface area contributed by atoms with Gasteiger partial charge in [-0.15, -0.1) is 0 Å². The number of rotatable bonds is 0. The zero-order chi connectivity index (χ0) is 8.29. The minimum atomic E-state index is -0.0781. The Labute approximate surface area is 72.0 Å². The maximum Gasteiger partial charge on any atom is 0.139 e. The predicted octanol–water partition coefficient (Wildman–Crippen LogP) is 0.982. The maximum atomic E-state index is 11.6. The summed E-state index contributed by atoms with van der Waals surface area (Å²) < 4.78 is 0. The molecule has 2 nitrogen and oxygen atoms in total. The van der Waals surface area contributed by atoms with Gasteiger partial charge in [-0.25, -0.2) is 0 Å². The van der Waals surface area contributed by atoms with Gasteiger partial charge in [-0.05, 0) is 37.5 Å². The lowest BCUT2D eigenvalue weighted by atomic mass is 9.54. The molecule has 12 heavy (non-hydrogen) atoms. The van der Waals surface area contributed by atoms with Gasteiger partial charge >= 0.3 is 0 Å². The van der Waals surface area contributed by atoms with Gasteiger partial charge in [-0.3, -0.25) is 4.79 Å². The summed E-state index contributed by atoms with van der Waals surface area (Å²) in [6.07, 6.45) is 3.84. The van der Waals surface area contributed by atoms with E-state index in [1.807, 2.05) is 0 Å². The molecule has 0 amide bonds. The van der Waals surface area contributed by atoms with Crippen LogP contribution in [-0.4, -0.2) is 17.0 Å². The first kappa shape index (κ1) is 7.07. The van der Waals surface area contributed by atoms with E-state index in [2.05, 4.69) is 0 Å². The SMILES string of the molecule is O=C1C2CC3CC1CC(C2)C3O. The molecule has 66 valence electrons. The number of ketones is 1. The predicted molar refractivity (Wildman–Crippen MR) is 43.4 cm³/mol. The second kappa shape index (κ2) is 2.11. The third-order valence-corrected chi connectivity index (χ3v) is 4.12. The number of carbonyl (C=O) groups excluding carboxylic acids is 1. The smallest absolute Gasteiger partial charge is 0.139 e. The summed E-state index contributed by atoms with van der Waals surface area (Å²) in [5.41, 5.74) is 0. The van der Waals surface area contributed by atoms with Crippen LogP contribution in [0.2, 0.25) is 0 Å². The van der Waals surface area contributed by atoms with Crippen molar-refractivity contribution in [3.05, 3.63) is 0 Å². The summed E-state index contributed by atoms with van der Waals surface area (Å²) >= 11 is 0. The maximum absolute atomic E-state index is 11.6. The van der Waals surface area contributed by atoms with Gasteiger partial charge in [0.05, 0.1) is 6.10 Å². The Morgan fingerprint density at radius 2 is 1.42 bits per heavy atom. The van der Waals surface area contributed by atoms with E-state index in [0.717, 1.165) is 25.7 Å². The Kier molecular flexibility index (Phi) is 1.24. The molecule has 4 fully saturated rings. The summed E-state index contributed by atoms with van der Waals surface area (Å²) in [5.74, 6) is 2.09. The monoisotopic (exact) mass is 166 g/mol. The van der Waals surface area contributed by atoms with Crippen LogP contribution >= 0.6 is 0 Å². The fraction of sp³-hybridized carbons (Fsp3) is 0.900. The fourth-order valence-corrected chi connectivity index (χ4v) is 3.59. The van der Waals surface area contributed by atoms with Gasteiger partial charge in [0.25, 0.3) is 0 Å². The molecule has 0 spiro atoms. The zero-order valence-corrected chi connectivity index (χ0v) is 7.07. The first-order valence-electron chi connectivity index (χ1n) is 4.97. The molecule has 4 rings (SSSR count). The molecular weight excluding hydrogens is 152 g/mol. The molecule has 1 N–H and O–H groups in total. The number of aliphatic hydroxyl groups excluding tert-OH is 1. The molecule has 0 unspecified atom stereocenters. The number of hydrogen-bond donors (Lipinski definition) is 1. The van der Waals surface area contributed by atoms with E-state index in [-0.39, 0.29) is 6.10 Å². The summed E-state index contributed by atoms with van der Waals surface area (Å²) in [5, 5.41) is 9.80. The normalized spacial score (nSPS) is 56.4. The Bertz CT molecular complexity index is 202. The topological polar surface area (TPSA) is 37.3 Å². The molecular formula is C10H14O2. The van der Waals surface area contributed by atoms with Crippen molar-refractivity contribution in [2.45, 2.75) is 31.8 Å². The van der Waals surface area contributed by atoms with Crippen LogP contribution < -0.4 is 0 Å². The Hall–Kier alpha value is -0.370. The average molecular weight is 166 g/mol. The van der Waals surface area contributed by atoms with Crippen LogP contribution in [0, 0.1) is 23.7 Å². The summed E-state index contributed by atoms with van der Waals surface area (Å²) in [4.78, 5) is 11.6. The highest BCUT2D eigenvalue weighted by Gasteiger charge is 2.51. The average Bonchev–Trinajstić information content (AvgIpc) is 2.02. The van der Waals surface area contributed by atoms with Gasteiger partial charge in [-0.1, -0.05) is 0 Å². The lowest BCUT2D eigenvalue weighted by Crippen LogP contribution is -2.52. The second-order valence-corrected chi connectivity index (χ2v) is 4.75. The zero-order valence-electron chi connectivity index (χ0n) is 7.07. The minimum absolute atomic E-state index is 0.0781. The Balaban J connectivity index is 1.96. The number of carbonyl (C=O) groups is 1. The van der Waals surface area contributed by atoms with E-state index in [9.17, 15) is 9.90 Å². The largest absolute Gasteiger partial charge is 0.393 e. The second-order valence-electron chi connectivity index (χ2n) is 4.75. The fourth-order valence-electron chi connectivity index (χ4n) is 3.59. The highest BCUT2D eigenvalue weighted by molar-refractivity contribution is 5.85. The van der Waals surface area contributed by atoms with Crippen molar-refractivity contribution in [3.8, 4) is 0 Å². The summed E-state index contributed by atoms with van der Waals surface area (Å²) in [7, 11) is 0. The summed E-state index contributed by atoms with van der Waals surface area (Å²) in [6, 6.07) is 0. The van der Waals surface area contributed by atoms with E-state index in [0.29, 0.717) is 29.5 Å². The van der Waals surface area contributed by atoms with Crippen molar-refractivity contribution in [3.63, 3.8) is 0 Å². The van der Waals surface area contributed by atoms with E-state index < -0.39 is 0 Å². The molecule has 4 aliphatic carbocycles. The molecule has 0 aromatic heterocycles. The molecule has 0 aliphatic heterocycles. The highest BCUT2D eigenvalue weighted by atomic mass is 16.3. The van der Waals surface area contributed by atoms with Crippen molar-refractivity contribution in [2.75, 3.05) is 0 Å². The number of aliphatic hydroxyl groups is 1. The molecule has 0 aromatic rings. The van der Waals surface area contributed by atoms with Gasteiger partial charge < -0.3 is 5.11 Å². The van der Waals surface area contributed by atoms with Gasteiger partial charge in [0, 0.05) is 11.8 Å². The van der Waals surface area contributed by atoms with E-state index >= 15 is 0 Å². The van der Waals surface area contributed by atoms with Crippen LogP contribution in [0.15, 0.2) is 0 Å².